The van der Waals surface area contributed by atoms with E-state index in [9.17, 15) is 52.8 Å². The Kier molecular flexibility index (Phi) is 20.5. The van der Waals surface area contributed by atoms with E-state index in [-0.39, 0.29) is 111 Å². The summed E-state index contributed by atoms with van der Waals surface area (Å²) in [4.78, 5) is 44.9. The van der Waals surface area contributed by atoms with Crippen molar-refractivity contribution in [2.24, 2.45) is 28.2 Å². The number of halogens is 8. The highest BCUT2D eigenvalue weighted by Gasteiger charge is 2.23. The van der Waals surface area contributed by atoms with Crippen LogP contribution in [0.3, 0.4) is 0 Å². The summed E-state index contributed by atoms with van der Waals surface area (Å²) in [6.45, 7) is 0. The summed E-state index contributed by atoms with van der Waals surface area (Å²) < 4.78 is 103. The fraction of sp³-hybridized carbons (Fsp3) is 0.182. The first-order valence-corrected chi connectivity index (χ1v) is 30.5. The molecule has 4 N–H and O–H groups in total. The zero-order valence-electron chi connectivity index (χ0n) is 39.4. The minimum Gasteiger partial charge on any atom is -0.301 e. The molecule has 8 rings (SSSR count). The Balaban J connectivity index is 0.000000187. The van der Waals surface area contributed by atoms with Crippen molar-refractivity contribution in [2.45, 2.75) is 42.6 Å². The third-order valence-electron chi connectivity index (χ3n) is 10.2. The summed E-state index contributed by atoms with van der Waals surface area (Å²) in [6, 6.07) is 21.4. The Morgan fingerprint density at radius 1 is 0.342 bits per heavy atom. The van der Waals surface area contributed by atoms with Crippen LogP contribution in [0.25, 0.3) is 0 Å². The van der Waals surface area contributed by atoms with Gasteiger partial charge >= 0.3 is 0 Å². The lowest BCUT2D eigenvalue weighted by Crippen LogP contribution is -2.17. The van der Waals surface area contributed by atoms with Crippen LogP contribution in [-0.4, -0.2) is 72.8 Å². The summed E-state index contributed by atoms with van der Waals surface area (Å²) in [5.41, 5.74) is 0.0479. The van der Waals surface area contributed by atoms with Gasteiger partial charge in [0.15, 0.2) is 39.3 Å². The maximum absolute atomic E-state index is 12.3. The van der Waals surface area contributed by atoms with Gasteiger partial charge in [0.1, 0.15) is 0 Å². The first-order valence-electron chi connectivity index (χ1n) is 20.9. The lowest BCUT2D eigenvalue weighted by Gasteiger charge is -2.08. The molecule has 408 valence electrons. The maximum Gasteiger partial charge on any atom is 0.266 e. The van der Waals surface area contributed by atoms with Gasteiger partial charge in [-0.05, 0) is 72.8 Å². The largest absolute Gasteiger partial charge is 0.301 e. The van der Waals surface area contributed by atoms with Crippen molar-refractivity contribution >= 4 is 132 Å². The molecule has 0 atom stereocenters. The van der Waals surface area contributed by atoms with E-state index >= 15 is 0 Å². The van der Waals surface area contributed by atoms with Gasteiger partial charge in [0, 0.05) is 92.6 Å². The molecule has 0 radical (unpaired) electrons. The summed E-state index contributed by atoms with van der Waals surface area (Å²) in [5, 5.41) is 11.8. The molecule has 20 nitrogen and oxygen atoms in total. The Bertz CT molecular complexity index is 4100. The highest BCUT2D eigenvalue weighted by Crippen LogP contribution is 2.28. The topological polar surface area (TPSA) is 288 Å². The second-order valence-electron chi connectivity index (χ2n) is 16.1. The minimum atomic E-state index is -3.63. The predicted molar refractivity (Wildman–Crippen MR) is 294 cm³/mol. The standard InChI is InChI=1S/C12H12Cl2N2O3S.2C11H10Cl2N2O3S.C10H8Cl2N2O3S/c1-15-10(6-12(17)16(15)2)7-20(18,19)11-4-8(13)3-9(14)5-11;1-15-9(5-11(16)14-15)6-19(17,18)10-3-7(12)2-8(13)4-10;1-15-11(16)5-9(14-15)6-19(17,18)10-3-7(12)2-8(13)4-10;11-6-1-7(12)3-9(2-6)18(16,17)5-8-4-10(15)14-13-8/h3-6H,7H2,1-2H3;2-5H,6H2,1H3,(H,14,16);2-5,14H,6H2,1H3;1-4H,5H2,(H2,13,14,15). The first kappa shape index (κ1) is 61.9. The van der Waals surface area contributed by atoms with Crippen LogP contribution < -0.4 is 22.2 Å². The lowest BCUT2D eigenvalue weighted by molar-refractivity contribution is 0.557. The van der Waals surface area contributed by atoms with E-state index < -0.39 is 39.3 Å². The highest BCUT2D eigenvalue weighted by atomic mass is 35.5. The van der Waals surface area contributed by atoms with Crippen molar-refractivity contribution in [1.82, 2.24) is 39.1 Å². The number of aryl methyl sites for hydroxylation is 2. The zero-order valence-corrected chi connectivity index (χ0v) is 48.7. The molecule has 32 heteroatoms. The fourth-order valence-corrected chi connectivity index (χ4v) is 14.7. The number of H-pyrrole nitrogens is 4. The van der Waals surface area contributed by atoms with E-state index in [2.05, 4.69) is 20.4 Å². The van der Waals surface area contributed by atoms with Crippen LogP contribution in [0.2, 0.25) is 40.2 Å². The number of hydrogen-bond donors (Lipinski definition) is 4. The summed E-state index contributed by atoms with van der Waals surface area (Å²) in [7, 11) is -8.20. The highest BCUT2D eigenvalue weighted by molar-refractivity contribution is 7.91. The predicted octanol–water partition coefficient (Wildman–Crippen LogP) is 7.98. The SMILES string of the molecule is Cn1[nH]c(=O)cc1CS(=O)(=O)c1cc(Cl)cc(Cl)c1.Cn1[nH]c(CS(=O)(=O)c2cc(Cl)cc(Cl)c2)cc1=O.Cn1c(CS(=O)(=O)c2cc(Cl)cc(Cl)c2)cc(=O)n1C.O=c1cc(CS(=O)(=O)c2cc(Cl)cc(Cl)c2)[nH][nH]1. The number of nitrogens with zero attached hydrogens (tertiary/aromatic N) is 4. The van der Waals surface area contributed by atoms with Crippen molar-refractivity contribution < 1.29 is 33.7 Å². The minimum absolute atomic E-state index is 0.0158. The monoisotopic (exact) mass is 1280 g/mol. The second-order valence-corrected chi connectivity index (χ2v) is 27.6. The van der Waals surface area contributed by atoms with Gasteiger partial charge in [-0.25, -0.2) is 33.7 Å². The number of sulfone groups is 4. The molecule has 0 aliphatic heterocycles. The summed E-state index contributed by atoms with van der Waals surface area (Å²) in [5.74, 6) is -1.25. The molecule has 4 aromatic heterocycles. The third kappa shape index (κ3) is 17.3. The first-order chi connectivity index (χ1) is 35.1. The van der Waals surface area contributed by atoms with Gasteiger partial charge < -0.3 is 5.10 Å². The summed E-state index contributed by atoms with van der Waals surface area (Å²) in [6.07, 6.45) is 0. The van der Waals surface area contributed by atoms with Crippen LogP contribution in [0.1, 0.15) is 22.8 Å². The second kappa shape index (κ2) is 25.2. The molecule has 0 bridgehead atoms. The van der Waals surface area contributed by atoms with E-state index in [1.807, 2.05) is 0 Å². The number of rotatable bonds is 12. The average molecular weight is 1280 g/mol. The molecule has 0 saturated carbocycles. The molecule has 0 saturated heterocycles. The molecule has 4 aromatic carbocycles. The summed E-state index contributed by atoms with van der Waals surface area (Å²) >= 11 is 46.2. The normalized spacial score (nSPS) is 11.7. The fourth-order valence-electron chi connectivity index (χ4n) is 6.50. The van der Waals surface area contributed by atoms with E-state index in [0.29, 0.717) is 17.1 Å². The van der Waals surface area contributed by atoms with Gasteiger partial charge in [-0.15, -0.1) is 0 Å². The Morgan fingerprint density at radius 3 is 0.987 bits per heavy atom. The van der Waals surface area contributed by atoms with Crippen LogP contribution in [-0.2, 0) is 90.6 Å². The van der Waals surface area contributed by atoms with Crippen molar-refractivity contribution in [3.05, 3.63) is 201 Å². The Morgan fingerprint density at radius 2 is 0.697 bits per heavy atom. The molecule has 76 heavy (non-hydrogen) atoms. The van der Waals surface area contributed by atoms with Crippen LogP contribution in [0.5, 0.6) is 0 Å². The van der Waals surface area contributed by atoms with Crippen molar-refractivity contribution in [3.8, 4) is 0 Å². The van der Waals surface area contributed by atoms with E-state index in [1.54, 1.807) is 21.1 Å². The van der Waals surface area contributed by atoms with Crippen LogP contribution >= 0.6 is 92.8 Å². The molecule has 4 heterocycles. The molecule has 0 aliphatic rings. The van der Waals surface area contributed by atoms with Gasteiger partial charge in [0.25, 0.3) is 22.2 Å². The van der Waals surface area contributed by atoms with Crippen molar-refractivity contribution in [1.29, 1.82) is 0 Å². The van der Waals surface area contributed by atoms with Crippen molar-refractivity contribution in [2.75, 3.05) is 0 Å². The molecule has 0 unspecified atom stereocenters. The molecular formula is C44H40Cl8N8O12S4. The number of nitrogens with one attached hydrogen (secondary N) is 4. The van der Waals surface area contributed by atoms with Gasteiger partial charge in [-0.2, -0.15) is 0 Å². The molecule has 0 amide bonds. The number of hydrogen-bond acceptors (Lipinski definition) is 12. The van der Waals surface area contributed by atoms with E-state index in [0.717, 1.165) is 0 Å². The van der Waals surface area contributed by atoms with Crippen molar-refractivity contribution in [3.63, 3.8) is 0 Å². The van der Waals surface area contributed by atoms with Crippen LogP contribution in [0, 0.1) is 0 Å². The number of aromatic nitrogens is 8. The van der Waals surface area contributed by atoms with Crippen LogP contribution in [0.4, 0.5) is 0 Å². The smallest absolute Gasteiger partial charge is 0.266 e. The third-order valence-corrected chi connectivity index (χ3v) is 18.5. The van der Waals surface area contributed by atoms with Gasteiger partial charge in [-0.3, -0.25) is 53.2 Å². The molecule has 0 fully saturated rings. The maximum atomic E-state index is 12.3. The Labute approximate surface area is 473 Å². The molecule has 0 spiro atoms. The van der Waals surface area contributed by atoms with Crippen LogP contribution in [0.15, 0.2) is 136 Å². The van der Waals surface area contributed by atoms with Gasteiger partial charge in [-0.1, -0.05) is 92.8 Å². The molecule has 8 aromatic rings. The quantitative estimate of drug-likeness (QED) is 0.0906. The van der Waals surface area contributed by atoms with Gasteiger partial charge in [0.05, 0.1) is 65.4 Å². The Hall–Kier alpha value is -4.96. The number of aromatic amines is 4. The molecule has 0 aliphatic carbocycles. The zero-order chi connectivity index (χ0) is 56.8. The number of benzene rings is 4. The molecular weight excluding hydrogens is 1240 g/mol. The average Bonchev–Trinajstić information content (AvgIpc) is 4.00. The lowest BCUT2D eigenvalue weighted by atomic mass is 10.4. The van der Waals surface area contributed by atoms with Gasteiger partial charge in [0.2, 0.25) is 0 Å². The van der Waals surface area contributed by atoms with E-state index in [1.165, 1.54) is 123 Å². The van der Waals surface area contributed by atoms with E-state index in [4.69, 9.17) is 92.8 Å².